The minimum absolute atomic E-state index is 0.145. The number of fused-ring (bicyclic) bond motifs is 6. The van der Waals surface area contributed by atoms with Crippen LogP contribution in [0.5, 0.6) is 0 Å². The lowest BCUT2D eigenvalue weighted by molar-refractivity contribution is 0.664. The molecule has 0 saturated carbocycles. The number of aliphatic imine (C=N–C) groups is 1. The first-order valence-electron chi connectivity index (χ1n) is 18.3. The van der Waals surface area contributed by atoms with Crippen LogP contribution in [-0.4, -0.2) is 31.0 Å². The second-order valence-corrected chi connectivity index (χ2v) is 15.5. The van der Waals surface area contributed by atoms with Gasteiger partial charge in [-0.3, -0.25) is 9.56 Å². The van der Waals surface area contributed by atoms with E-state index in [1.807, 2.05) is 24.0 Å². The molecule has 1 aliphatic rings. The molecule has 1 aliphatic heterocycles. The molecule has 53 heavy (non-hydrogen) atoms. The maximum atomic E-state index is 5.48. The number of thioether (sulfide) groups is 1. The molecule has 0 spiro atoms. The van der Waals surface area contributed by atoms with E-state index in [1.54, 1.807) is 0 Å². The first-order valence-corrected chi connectivity index (χ1v) is 19.3. The minimum Gasteiger partial charge on any atom is -0.309 e. The summed E-state index contributed by atoms with van der Waals surface area (Å²) in [5, 5.41) is 6.00. The van der Waals surface area contributed by atoms with Crippen molar-refractivity contribution in [2.45, 2.75) is 32.7 Å². The van der Waals surface area contributed by atoms with E-state index in [2.05, 4.69) is 169 Å². The summed E-state index contributed by atoms with van der Waals surface area (Å²) in [6.07, 6.45) is 1.90. The zero-order valence-electron chi connectivity index (χ0n) is 30.0. The molecular formula is C48H38N4S. The van der Waals surface area contributed by atoms with Gasteiger partial charge in [-0.2, -0.15) is 0 Å². The molecule has 0 aliphatic carbocycles. The highest BCUT2D eigenvalue weighted by atomic mass is 32.2. The lowest BCUT2D eigenvalue weighted by Crippen LogP contribution is -2.18. The molecule has 256 valence electrons. The Morgan fingerprint density at radius 1 is 0.547 bits per heavy atom. The van der Waals surface area contributed by atoms with Crippen LogP contribution < -0.4 is 0 Å². The quantitative estimate of drug-likeness (QED) is 0.173. The predicted octanol–water partition coefficient (Wildman–Crippen LogP) is 11.9. The fourth-order valence-corrected chi connectivity index (χ4v) is 9.54. The normalized spacial score (nSPS) is 14.6. The van der Waals surface area contributed by atoms with Gasteiger partial charge in [0.05, 0.1) is 27.6 Å². The predicted molar refractivity (Wildman–Crippen MR) is 225 cm³/mol. The highest BCUT2D eigenvalue weighted by molar-refractivity contribution is 8.14. The highest BCUT2D eigenvalue weighted by Gasteiger charge is 2.30. The average molecular weight is 703 g/mol. The van der Waals surface area contributed by atoms with Gasteiger partial charge in [0.1, 0.15) is 5.65 Å². The van der Waals surface area contributed by atoms with Gasteiger partial charge >= 0.3 is 0 Å². The Labute approximate surface area is 313 Å². The highest BCUT2D eigenvalue weighted by Crippen LogP contribution is 2.40. The third-order valence-electron chi connectivity index (χ3n) is 10.8. The Balaban J connectivity index is 1.14. The molecule has 0 N–H and O–H groups in total. The van der Waals surface area contributed by atoms with E-state index in [0.717, 1.165) is 33.3 Å². The summed E-state index contributed by atoms with van der Waals surface area (Å²) in [6.45, 7) is 6.54. The second kappa shape index (κ2) is 12.6. The molecule has 0 amide bonds. The monoisotopic (exact) mass is 702 g/mol. The number of aromatic nitrogens is 3. The van der Waals surface area contributed by atoms with Crippen molar-refractivity contribution in [2.24, 2.45) is 4.99 Å². The van der Waals surface area contributed by atoms with Gasteiger partial charge in [0.25, 0.3) is 0 Å². The van der Waals surface area contributed by atoms with Gasteiger partial charge in [0, 0.05) is 56.4 Å². The fourth-order valence-electron chi connectivity index (χ4n) is 8.45. The molecular weight excluding hydrogens is 665 g/mol. The second-order valence-electron chi connectivity index (χ2n) is 14.5. The van der Waals surface area contributed by atoms with E-state index in [0.29, 0.717) is 0 Å². The Morgan fingerprint density at radius 3 is 1.94 bits per heavy atom. The third-order valence-corrected chi connectivity index (χ3v) is 11.9. The Hall–Kier alpha value is -5.91. The Bertz CT molecular complexity index is 2840. The van der Waals surface area contributed by atoms with Crippen LogP contribution in [0.2, 0.25) is 0 Å². The number of hydrogen-bond donors (Lipinski definition) is 0. The summed E-state index contributed by atoms with van der Waals surface area (Å²) in [5.74, 6) is 1.14. The standard InChI is InChI=1S/C48H38N4S/c1-30-16-20-43-40(25-30)38-19-18-36(52-44-21-17-31(2)26-41(44)39-15-10-22-49-47(39)52)28-45(38)51(43)37-24-32(3)23-35(27-37)48-50-42(29-53-48)46(33-11-6-4-7-12-33)34-13-8-5-9-14-34/h4-28,42,46H,29H2,1-3H3/t42-/m0/s1. The Morgan fingerprint density at radius 2 is 1.23 bits per heavy atom. The van der Waals surface area contributed by atoms with Gasteiger partial charge in [0.2, 0.25) is 0 Å². The smallest absolute Gasteiger partial charge is 0.145 e. The molecule has 0 saturated heterocycles. The van der Waals surface area contributed by atoms with Gasteiger partial charge < -0.3 is 4.57 Å². The van der Waals surface area contributed by atoms with Crippen LogP contribution >= 0.6 is 11.8 Å². The van der Waals surface area contributed by atoms with Gasteiger partial charge in [0.15, 0.2) is 0 Å². The number of aryl methyl sites for hydroxylation is 3. The van der Waals surface area contributed by atoms with Gasteiger partial charge in [-0.25, -0.2) is 4.98 Å². The molecule has 10 rings (SSSR count). The van der Waals surface area contributed by atoms with E-state index < -0.39 is 0 Å². The van der Waals surface area contributed by atoms with Crippen LogP contribution in [0.3, 0.4) is 0 Å². The van der Waals surface area contributed by atoms with Crippen molar-refractivity contribution in [1.82, 2.24) is 14.1 Å². The number of pyridine rings is 1. The van der Waals surface area contributed by atoms with Crippen molar-refractivity contribution in [2.75, 3.05) is 5.75 Å². The fraction of sp³-hybridized carbons (Fsp3) is 0.125. The number of hydrogen-bond acceptors (Lipinski definition) is 3. The van der Waals surface area contributed by atoms with E-state index in [9.17, 15) is 0 Å². The number of benzene rings is 6. The third kappa shape index (κ3) is 5.38. The molecule has 0 bridgehead atoms. The number of rotatable bonds is 6. The molecule has 6 aromatic carbocycles. The summed E-state index contributed by atoms with van der Waals surface area (Å²) in [6, 6.07) is 53.5. The van der Waals surface area contributed by atoms with Crippen LogP contribution in [0.15, 0.2) is 157 Å². The first-order chi connectivity index (χ1) is 26.0. The van der Waals surface area contributed by atoms with Crippen molar-refractivity contribution in [1.29, 1.82) is 0 Å². The summed E-state index contributed by atoms with van der Waals surface area (Å²) in [4.78, 5) is 10.4. The van der Waals surface area contributed by atoms with Crippen LogP contribution in [0.4, 0.5) is 0 Å². The summed E-state index contributed by atoms with van der Waals surface area (Å²) in [5.41, 5.74) is 14.2. The minimum atomic E-state index is 0.145. The van der Waals surface area contributed by atoms with E-state index in [1.165, 1.54) is 66.0 Å². The largest absolute Gasteiger partial charge is 0.309 e. The molecule has 1 atom stereocenters. The molecule has 3 aromatic heterocycles. The van der Waals surface area contributed by atoms with E-state index in [-0.39, 0.29) is 12.0 Å². The molecule has 4 heterocycles. The molecule has 0 radical (unpaired) electrons. The lowest BCUT2D eigenvalue weighted by atomic mass is 9.86. The van der Waals surface area contributed by atoms with Crippen LogP contribution in [-0.2, 0) is 0 Å². The summed E-state index contributed by atoms with van der Waals surface area (Å²) < 4.78 is 4.77. The van der Waals surface area contributed by atoms with Crippen molar-refractivity contribution in [3.63, 3.8) is 0 Å². The average Bonchev–Trinajstić information content (AvgIpc) is 3.88. The molecule has 5 heteroatoms. The zero-order valence-corrected chi connectivity index (χ0v) is 30.8. The molecule has 0 fully saturated rings. The van der Waals surface area contributed by atoms with Crippen LogP contribution in [0.1, 0.15) is 39.3 Å². The van der Waals surface area contributed by atoms with Crippen molar-refractivity contribution in [3.05, 3.63) is 185 Å². The molecule has 0 unspecified atom stereocenters. The first kappa shape index (κ1) is 31.8. The van der Waals surface area contributed by atoms with Crippen molar-refractivity contribution >= 4 is 60.5 Å². The molecule has 9 aromatic rings. The van der Waals surface area contributed by atoms with Crippen molar-refractivity contribution in [3.8, 4) is 11.4 Å². The van der Waals surface area contributed by atoms with E-state index >= 15 is 0 Å². The van der Waals surface area contributed by atoms with Crippen LogP contribution in [0.25, 0.3) is 55.1 Å². The van der Waals surface area contributed by atoms with Crippen molar-refractivity contribution < 1.29 is 0 Å². The van der Waals surface area contributed by atoms with Gasteiger partial charge in [-0.05, 0) is 104 Å². The topological polar surface area (TPSA) is 35.1 Å². The number of nitrogens with zero attached hydrogens (tertiary/aromatic N) is 4. The maximum Gasteiger partial charge on any atom is 0.145 e. The lowest BCUT2D eigenvalue weighted by Gasteiger charge is -2.22. The van der Waals surface area contributed by atoms with Crippen LogP contribution in [0, 0.1) is 20.8 Å². The van der Waals surface area contributed by atoms with Gasteiger partial charge in [-0.1, -0.05) is 90.0 Å². The SMILES string of the molecule is Cc1cc(C2=N[C@H](C(c3ccccc3)c3ccccc3)CS2)cc(-n2c3ccc(C)cc3c3ccc(-n4c5ccc(C)cc5c5cccnc54)cc32)c1. The van der Waals surface area contributed by atoms with E-state index in [4.69, 9.17) is 9.98 Å². The summed E-state index contributed by atoms with van der Waals surface area (Å²) >= 11 is 1.88. The molecule has 4 nitrogen and oxygen atoms in total. The van der Waals surface area contributed by atoms with Gasteiger partial charge in [-0.15, -0.1) is 11.8 Å². The maximum absolute atomic E-state index is 5.48. The summed E-state index contributed by atoms with van der Waals surface area (Å²) in [7, 11) is 0. The Kier molecular flexibility index (Phi) is 7.59. The zero-order chi connectivity index (χ0) is 35.6.